The highest BCUT2D eigenvalue weighted by Gasteiger charge is 2.15. The van der Waals surface area contributed by atoms with Gasteiger partial charge in [0, 0.05) is 6.54 Å². The highest BCUT2D eigenvalue weighted by Crippen LogP contribution is 2.14. The fourth-order valence-corrected chi connectivity index (χ4v) is 2.59. The lowest BCUT2D eigenvalue weighted by molar-refractivity contribution is 0.0525. The predicted molar refractivity (Wildman–Crippen MR) is 84.2 cm³/mol. The third-order valence-corrected chi connectivity index (χ3v) is 3.73. The Morgan fingerprint density at radius 2 is 1.91 bits per heavy atom. The van der Waals surface area contributed by atoms with Gasteiger partial charge in [-0.05, 0) is 57.1 Å². The van der Waals surface area contributed by atoms with E-state index in [-0.39, 0.29) is 12.6 Å². The van der Waals surface area contributed by atoms with Crippen molar-refractivity contribution in [3.05, 3.63) is 29.8 Å². The van der Waals surface area contributed by atoms with E-state index < -0.39 is 6.10 Å². The van der Waals surface area contributed by atoms with Gasteiger partial charge in [-0.2, -0.15) is 0 Å². The number of carbonyl (C=O) groups is 1. The highest BCUT2D eigenvalue weighted by atomic mass is 16.5. The fraction of sp³-hybridized carbons (Fsp3) is 0.588. The first-order chi connectivity index (χ1) is 10.7. The Morgan fingerprint density at radius 1 is 1.23 bits per heavy atom. The van der Waals surface area contributed by atoms with Crippen LogP contribution in [-0.2, 0) is 4.74 Å². The van der Waals surface area contributed by atoms with Crippen molar-refractivity contribution in [2.24, 2.45) is 0 Å². The van der Waals surface area contributed by atoms with Gasteiger partial charge in [-0.3, -0.25) is 0 Å². The smallest absolute Gasteiger partial charge is 0.338 e. The van der Waals surface area contributed by atoms with Crippen LogP contribution in [0.15, 0.2) is 24.3 Å². The monoisotopic (exact) mass is 307 g/mol. The predicted octanol–water partition coefficient (Wildman–Crippen LogP) is 2.09. The molecule has 0 saturated carbocycles. The Bertz CT molecular complexity index is 454. The number of nitrogens with zero attached hydrogens (tertiary/aromatic N) is 1. The quantitative estimate of drug-likeness (QED) is 0.782. The molecule has 1 heterocycles. The molecule has 2 rings (SSSR count). The topological polar surface area (TPSA) is 59.0 Å². The summed E-state index contributed by atoms with van der Waals surface area (Å²) in [7, 11) is 0. The molecule has 5 nitrogen and oxygen atoms in total. The second-order valence-corrected chi connectivity index (χ2v) is 5.57. The minimum atomic E-state index is -0.497. The lowest BCUT2D eigenvalue weighted by Gasteiger charge is -2.28. The van der Waals surface area contributed by atoms with Gasteiger partial charge >= 0.3 is 5.97 Å². The van der Waals surface area contributed by atoms with E-state index in [1.165, 1.54) is 19.3 Å². The number of esters is 1. The van der Waals surface area contributed by atoms with E-state index in [1.54, 1.807) is 31.2 Å². The van der Waals surface area contributed by atoms with Crippen molar-refractivity contribution in [3.8, 4) is 5.75 Å². The number of aliphatic hydroxyl groups excluding tert-OH is 1. The van der Waals surface area contributed by atoms with Crippen LogP contribution < -0.4 is 4.74 Å². The van der Waals surface area contributed by atoms with E-state index in [2.05, 4.69) is 4.90 Å². The summed E-state index contributed by atoms with van der Waals surface area (Å²) >= 11 is 0. The van der Waals surface area contributed by atoms with E-state index in [0.29, 0.717) is 24.5 Å². The summed E-state index contributed by atoms with van der Waals surface area (Å²) in [6.07, 6.45) is 3.21. The zero-order valence-electron chi connectivity index (χ0n) is 13.2. The molecule has 0 aliphatic carbocycles. The standard InChI is InChI=1S/C17H25NO4/c1-2-21-17(20)14-6-8-16(9-7-14)22-13-15(19)12-18-10-4-3-5-11-18/h6-9,15,19H,2-5,10-13H2,1H3/t15-/m1/s1. The Hall–Kier alpha value is -1.59. The SMILES string of the molecule is CCOC(=O)c1ccc(OC[C@H](O)CN2CCCCC2)cc1. The summed E-state index contributed by atoms with van der Waals surface area (Å²) in [5, 5.41) is 10.0. The molecule has 5 heteroatoms. The van der Waals surface area contributed by atoms with Crippen molar-refractivity contribution < 1.29 is 19.4 Å². The van der Waals surface area contributed by atoms with Crippen molar-refractivity contribution in [1.82, 2.24) is 4.90 Å². The van der Waals surface area contributed by atoms with Crippen LogP contribution in [-0.4, -0.2) is 54.9 Å². The number of benzene rings is 1. The molecule has 1 aromatic rings. The molecule has 1 atom stereocenters. The van der Waals surface area contributed by atoms with Crippen molar-refractivity contribution in [2.45, 2.75) is 32.3 Å². The molecule has 1 aromatic carbocycles. The van der Waals surface area contributed by atoms with Gasteiger partial charge in [-0.1, -0.05) is 6.42 Å². The Balaban J connectivity index is 1.74. The first-order valence-corrected chi connectivity index (χ1v) is 7.99. The maximum absolute atomic E-state index is 11.5. The lowest BCUT2D eigenvalue weighted by atomic mass is 10.1. The summed E-state index contributed by atoms with van der Waals surface area (Å²) in [6.45, 7) is 5.17. The number of hydrogen-bond acceptors (Lipinski definition) is 5. The van der Waals surface area contributed by atoms with Crippen LogP contribution in [0.5, 0.6) is 5.75 Å². The van der Waals surface area contributed by atoms with Gasteiger partial charge < -0.3 is 19.5 Å². The number of carbonyl (C=O) groups excluding carboxylic acids is 1. The summed E-state index contributed by atoms with van der Waals surface area (Å²) in [5.41, 5.74) is 0.503. The molecular weight excluding hydrogens is 282 g/mol. The van der Waals surface area contributed by atoms with Gasteiger partial charge in [0.2, 0.25) is 0 Å². The van der Waals surface area contributed by atoms with E-state index in [1.807, 2.05) is 0 Å². The molecule has 0 unspecified atom stereocenters. The Labute approximate surface area is 131 Å². The fourth-order valence-electron chi connectivity index (χ4n) is 2.59. The molecule has 122 valence electrons. The van der Waals surface area contributed by atoms with Gasteiger partial charge in [-0.25, -0.2) is 4.79 Å². The largest absolute Gasteiger partial charge is 0.491 e. The molecular formula is C17H25NO4. The minimum Gasteiger partial charge on any atom is -0.491 e. The van der Waals surface area contributed by atoms with Crippen LogP contribution >= 0.6 is 0 Å². The molecule has 0 amide bonds. The Kier molecular flexibility index (Phi) is 6.68. The average Bonchev–Trinajstić information content (AvgIpc) is 2.54. The molecule has 0 aromatic heterocycles. The number of hydrogen-bond donors (Lipinski definition) is 1. The maximum Gasteiger partial charge on any atom is 0.338 e. The number of β-amino-alcohol motifs (C(OH)–C–C–N with tert-alkyl or cyclic N) is 1. The molecule has 1 aliphatic heterocycles. The Morgan fingerprint density at radius 3 is 2.55 bits per heavy atom. The number of rotatable bonds is 7. The first kappa shape index (κ1) is 16.8. The van der Waals surface area contributed by atoms with Crippen LogP contribution in [0.25, 0.3) is 0 Å². The molecule has 1 saturated heterocycles. The van der Waals surface area contributed by atoms with Crippen molar-refractivity contribution in [3.63, 3.8) is 0 Å². The van der Waals surface area contributed by atoms with Gasteiger partial charge in [0.25, 0.3) is 0 Å². The normalized spacial score (nSPS) is 17.0. The van der Waals surface area contributed by atoms with Gasteiger partial charge in [0.15, 0.2) is 0 Å². The first-order valence-electron chi connectivity index (χ1n) is 7.99. The molecule has 1 fully saturated rings. The molecule has 0 bridgehead atoms. The third-order valence-electron chi connectivity index (χ3n) is 3.73. The molecule has 0 radical (unpaired) electrons. The molecule has 22 heavy (non-hydrogen) atoms. The van der Waals surface area contributed by atoms with E-state index >= 15 is 0 Å². The average molecular weight is 307 g/mol. The number of aliphatic hydroxyl groups is 1. The van der Waals surface area contributed by atoms with Crippen molar-refractivity contribution >= 4 is 5.97 Å². The third kappa shape index (κ3) is 5.31. The molecule has 1 N–H and O–H groups in total. The van der Waals surface area contributed by atoms with Gasteiger partial charge in [-0.15, -0.1) is 0 Å². The van der Waals surface area contributed by atoms with E-state index in [0.717, 1.165) is 13.1 Å². The van der Waals surface area contributed by atoms with Crippen molar-refractivity contribution in [2.75, 3.05) is 32.8 Å². The molecule has 0 spiro atoms. The molecule has 1 aliphatic rings. The number of likely N-dealkylation sites (tertiary alicyclic amines) is 1. The summed E-state index contributed by atoms with van der Waals surface area (Å²) in [4.78, 5) is 13.8. The van der Waals surface area contributed by atoms with Crippen LogP contribution in [0.4, 0.5) is 0 Å². The summed E-state index contributed by atoms with van der Waals surface area (Å²) in [5.74, 6) is 0.310. The second-order valence-electron chi connectivity index (χ2n) is 5.57. The minimum absolute atomic E-state index is 0.259. The zero-order chi connectivity index (χ0) is 15.8. The zero-order valence-corrected chi connectivity index (χ0v) is 13.2. The van der Waals surface area contributed by atoms with Crippen LogP contribution in [0.1, 0.15) is 36.5 Å². The van der Waals surface area contributed by atoms with Gasteiger partial charge in [0.1, 0.15) is 18.5 Å². The van der Waals surface area contributed by atoms with Crippen LogP contribution in [0, 0.1) is 0 Å². The van der Waals surface area contributed by atoms with Crippen molar-refractivity contribution in [1.29, 1.82) is 0 Å². The van der Waals surface area contributed by atoms with Crippen LogP contribution in [0.2, 0.25) is 0 Å². The number of piperidine rings is 1. The summed E-state index contributed by atoms with van der Waals surface area (Å²) in [6, 6.07) is 6.79. The summed E-state index contributed by atoms with van der Waals surface area (Å²) < 4.78 is 10.5. The van der Waals surface area contributed by atoms with Crippen LogP contribution in [0.3, 0.4) is 0 Å². The van der Waals surface area contributed by atoms with Gasteiger partial charge in [0.05, 0.1) is 12.2 Å². The second kappa shape index (κ2) is 8.76. The highest BCUT2D eigenvalue weighted by molar-refractivity contribution is 5.89. The number of ether oxygens (including phenoxy) is 2. The van der Waals surface area contributed by atoms with E-state index in [4.69, 9.17) is 9.47 Å². The van der Waals surface area contributed by atoms with E-state index in [9.17, 15) is 9.90 Å². The maximum atomic E-state index is 11.5. The lowest BCUT2D eigenvalue weighted by Crippen LogP contribution is -2.38.